The summed E-state index contributed by atoms with van der Waals surface area (Å²) in [4.78, 5) is 25.7. The van der Waals surface area contributed by atoms with Gasteiger partial charge in [-0.2, -0.15) is 0 Å². The lowest BCUT2D eigenvalue weighted by atomic mass is 10.3. The van der Waals surface area contributed by atoms with Gasteiger partial charge in [0.05, 0.1) is 6.61 Å². The van der Waals surface area contributed by atoms with E-state index in [4.69, 9.17) is 14.2 Å². The van der Waals surface area contributed by atoms with Crippen molar-refractivity contribution in [3.8, 4) is 17.4 Å². The van der Waals surface area contributed by atoms with Gasteiger partial charge in [0, 0.05) is 6.20 Å². The zero-order chi connectivity index (χ0) is 17.2. The highest BCUT2D eigenvalue weighted by molar-refractivity contribution is 6.31. The number of carbonyl (C=O) groups excluding carboxylic acids is 2. The summed E-state index contributed by atoms with van der Waals surface area (Å²) >= 11 is 0. The van der Waals surface area contributed by atoms with E-state index < -0.39 is 11.9 Å². The third-order valence-corrected chi connectivity index (χ3v) is 4.42. The Morgan fingerprint density at radius 1 is 1.12 bits per heavy atom. The lowest BCUT2D eigenvalue weighted by Gasteiger charge is -2.13. The minimum atomic E-state index is -1.08. The van der Waals surface area contributed by atoms with Crippen LogP contribution in [0.25, 0.3) is 5.52 Å². The molecule has 2 aliphatic heterocycles. The largest absolute Gasteiger partial charge is 0.474 e. The second-order valence-corrected chi connectivity index (χ2v) is 6.18. The number of ether oxygens (including phenoxy) is 3. The third kappa shape index (κ3) is 3.17. The number of hydrogen-bond acceptors (Lipinski definition) is 7. The molecule has 0 aromatic carbocycles. The molecule has 25 heavy (non-hydrogen) atoms. The SMILES string of the molecule is O=C1Oc2cccn3nc(OCCCCN4CCCC4)c(c23)OC1=O. The van der Waals surface area contributed by atoms with E-state index in [1.807, 2.05) is 0 Å². The van der Waals surface area contributed by atoms with Gasteiger partial charge in [-0.25, -0.2) is 14.1 Å². The molecule has 1 fully saturated rings. The Bertz CT molecular complexity index is 810. The zero-order valence-corrected chi connectivity index (χ0v) is 13.8. The average molecular weight is 345 g/mol. The molecule has 0 aliphatic carbocycles. The number of esters is 2. The molecular formula is C17H19N3O5. The van der Waals surface area contributed by atoms with E-state index in [9.17, 15) is 9.59 Å². The van der Waals surface area contributed by atoms with Crippen LogP contribution in [0.2, 0.25) is 0 Å². The van der Waals surface area contributed by atoms with E-state index in [1.165, 1.54) is 30.4 Å². The Balaban J connectivity index is 1.44. The molecule has 0 unspecified atom stereocenters. The van der Waals surface area contributed by atoms with Crippen LogP contribution in [-0.4, -0.2) is 52.7 Å². The van der Waals surface area contributed by atoms with Gasteiger partial charge in [-0.3, -0.25) is 0 Å². The molecule has 0 atom stereocenters. The summed E-state index contributed by atoms with van der Waals surface area (Å²) < 4.78 is 17.3. The molecule has 4 heterocycles. The van der Waals surface area contributed by atoms with Gasteiger partial charge in [0.25, 0.3) is 5.88 Å². The molecule has 0 radical (unpaired) electrons. The van der Waals surface area contributed by atoms with Crippen LogP contribution in [0.1, 0.15) is 25.7 Å². The van der Waals surface area contributed by atoms with Crippen molar-refractivity contribution in [2.45, 2.75) is 25.7 Å². The van der Waals surface area contributed by atoms with Crippen molar-refractivity contribution in [1.82, 2.24) is 14.5 Å². The van der Waals surface area contributed by atoms with E-state index in [1.54, 1.807) is 18.3 Å². The van der Waals surface area contributed by atoms with Gasteiger partial charge >= 0.3 is 11.9 Å². The van der Waals surface area contributed by atoms with Crippen molar-refractivity contribution in [1.29, 1.82) is 0 Å². The summed E-state index contributed by atoms with van der Waals surface area (Å²) in [7, 11) is 0. The van der Waals surface area contributed by atoms with Crippen molar-refractivity contribution in [2.75, 3.05) is 26.2 Å². The fourth-order valence-electron chi connectivity index (χ4n) is 3.18. The van der Waals surface area contributed by atoms with E-state index in [-0.39, 0.29) is 17.4 Å². The molecule has 0 bridgehead atoms. The van der Waals surface area contributed by atoms with Gasteiger partial charge in [0.15, 0.2) is 11.3 Å². The van der Waals surface area contributed by atoms with Crippen LogP contribution in [0.4, 0.5) is 0 Å². The predicted molar refractivity (Wildman–Crippen MR) is 86.9 cm³/mol. The molecule has 8 nitrogen and oxygen atoms in total. The lowest BCUT2D eigenvalue weighted by Crippen LogP contribution is -2.23. The van der Waals surface area contributed by atoms with Gasteiger partial charge in [-0.05, 0) is 57.5 Å². The van der Waals surface area contributed by atoms with Crippen molar-refractivity contribution >= 4 is 17.5 Å². The first-order valence-corrected chi connectivity index (χ1v) is 8.53. The Morgan fingerprint density at radius 3 is 2.76 bits per heavy atom. The van der Waals surface area contributed by atoms with Gasteiger partial charge in [0.1, 0.15) is 0 Å². The van der Waals surface area contributed by atoms with Crippen LogP contribution in [-0.2, 0) is 9.59 Å². The Kier molecular flexibility index (Phi) is 4.27. The maximum atomic E-state index is 11.7. The first kappa shape index (κ1) is 15.9. The number of hydrogen-bond donors (Lipinski definition) is 0. The number of likely N-dealkylation sites (tertiary alicyclic amines) is 1. The predicted octanol–water partition coefficient (Wildman–Crippen LogP) is 1.41. The van der Waals surface area contributed by atoms with Crippen LogP contribution in [0, 0.1) is 0 Å². The third-order valence-electron chi connectivity index (χ3n) is 4.42. The van der Waals surface area contributed by atoms with E-state index >= 15 is 0 Å². The highest BCUT2D eigenvalue weighted by Gasteiger charge is 2.31. The number of unbranched alkanes of at least 4 members (excludes halogenated alkanes) is 1. The van der Waals surface area contributed by atoms with Crippen molar-refractivity contribution < 1.29 is 23.8 Å². The van der Waals surface area contributed by atoms with Crippen LogP contribution in [0.15, 0.2) is 18.3 Å². The van der Waals surface area contributed by atoms with Crippen LogP contribution >= 0.6 is 0 Å². The van der Waals surface area contributed by atoms with Crippen LogP contribution in [0.3, 0.4) is 0 Å². The minimum absolute atomic E-state index is 0.131. The highest BCUT2D eigenvalue weighted by Crippen LogP contribution is 2.38. The molecule has 0 spiro atoms. The molecular weight excluding hydrogens is 326 g/mol. The number of rotatable bonds is 6. The summed E-state index contributed by atoms with van der Waals surface area (Å²) in [5, 5.41) is 4.28. The minimum Gasteiger partial charge on any atom is -0.474 e. The molecule has 1 saturated heterocycles. The maximum Gasteiger partial charge on any atom is 0.423 e. The number of pyridine rings is 1. The van der Waals surface area contributed by atoms with Gasteiger partial charge in [-0.15, -0.1) is 5.10 Å². The zero-order valence-electron chi connectivity index (χ0n) is 13.8. The van der Waals surface area contributed by atoms with Crippen LogP contribution < -0.4 is 14.2 Å². The molecule has 2 aromatic heterocycles. The molecule has 132 valence electrons. The van der Waals surface area contributed by atoms with Crippen LogP contribution in [0.5, 0.6) is 17.4 Å². The first-order valence-electron chi connectivity index (χ1n) is 8.53. The quantitative estimate of drug-likeness (QED) is 0.445. The Morgan fingerprint density at radius 2 is 1.92 bits per heavy atom. The van der Waals surface area contributed by atoms with E-state index in [0.29, 0.717) is 12.1 Å². The monoisotopic (exact) mass is 345 g/mol. The topological polar surface area (TPSA) is 82.4 Å². The van der Waals surface area contributed by atoms with Crippen molar-refractivity contribution in [2.24, 2.45) is 0 Å². The molecule has 0 N–H and O–H groups in total. The van der Waals surface area contributed by atoms with E-state index in [0.717, 1.165) is 19.4 Å². The maximum absolute atomic E-state index is 11.7. The fourth-order valence-corrected chi connectivity index (χ4v) is 3.18. The summed E-state index contributed by atoms with van der Waals surface area (Å²) in [6, 6.07) is 3.25. The molecule has 2 aliphatic rings. The summed E-state index contributed by atoms with van der Waals surface area (Å²) in [5.74, 6) is -1.58. The van der Waals surface area contributed by atoms with E-state index in [2.05, 4.69) is 10.00 Å². The second kappa shape index (κ2) is 6.72. The molecule has 4 rings (SSSR count). The lowest BCUT2D eigenvalue weighted by molar-refractivity contribution is -0.155. The van der Waals surface area contributed by atoms with Crippen molar-refractivity contribution in [3.05, 3.63) is 18.3 Å². The second-order valence-electron chi connectivity index (χ2n) is 6.18. The standard InChI is InChI=1S/C17H19N3O5/c21-16-17(22)25-14-13-12(24-16)6-5-10-20(13)18-15(14)23-11-4-3-9-19-7-1-2-8-19/h5-6,10H,1-4,7-9,11H2. The number of aromatic nitrogens is 2. The number of nitrogens with zero attached hydrogens (tertiary/aromatic N) is 3. The summed E-state index contributed by atoms with van der Waals surface area (Å²) in [6.07, 6.45) is 6.16. The number of carbonyl (C=O) groups is 2. The summed E-state index contributed by atoms with van der Waals surface area (Å²) in [5.41, 5.74) is 0.411. The normalized spacial score (nSPS) is 17.4. The van der Waals surface area contributed by atoms with Gasteiger partial charge < -0.3 is 19.1 Å². The molecule has 2 aromatic rings. The molecule has 8 heteroatoms. The summed E-state index contributed by atoms with van der Waals surface area (Å²) in [6.45, 7) is 3.91. The highest BCUT2D eigenvalue weighted by atomic mass is 16.6. The smallest absolute Gasteiger partial charge is 0.423 e. The fraction of sp³-hybridized carbons (Fsp3) is 0.471. The van der Waals surface area contributed by atoms with Gasteiger partial charge in [-0.1, -0.05) is 0 Å². The Labute approximate surface area is 144 Å². The first-order chi connectivity index (χ1) is 12.2. The Hall–Kier alpha value is -2.61. The molecule has 0 amide bonds. The van der Waals surface area contributed by atoms with Gasteiger partial charge in [0.2, 0.25) is 5.75 Å². The average Bonchev–Trinajstić information content (AvgIpc) is 3.20. The van der Waals surface area contributed by atoms with Crippen molar-refractivity contribution in [3.63, 3.8) is 0 Å². The molecule has 0 saturated carbocycles.